The summed E-state index contributed by atoms with van der Waals surface area (Å²) in [4.78, 5) is 7.98. The normalized spacial score (nSPS) is 11.7. The van der Waals surface area contributed by atoms with E-state index >= 15 is 0 Å². The van der Waals surface area contributed by atoms with E-state index in [1.165, 1.54) is 10.6 Å². The maximum Gasteiger partial charge on any atom is 0.281 e. The van der Waals surface area contributed by atoms with Crippen LogP contribution >= 0.6 is 11.6 Å². The molecule has 0 saturated carbocycles. The first-order valence-electron chi connectivity index (χ1n) is 6.04. The van der Waals surface area contributed by atoms with Crippen LogP contribution in [0.1, 0.15) is 5.56 Å². The van der Waals surface area contributed by atoms with Crippen molar-refractivity contribution in [2.45, 2.75) is 11.9 Å². The molecule has 0 aliphatic rings. The van der Waals surface area contributed by atoms with Crippen LogP contribution in [0.2, 0.25) is 5.15 Å². The van der Waals surface area contributed by atoms with E-state index in [-0.39, 0.29) is 10.2 Å². The Hall–Kier alpha value is -2.12. The molecule has 3 aromatic heterocycles. The van der Waals surface area contributed by atoms with Crippen molar-refractivity contribution in [2.75, 3.05) is 4.72 Å². The molecule has 8 heteroatoms. The Kier molecular flexibility index (Phi) is 3.30. The number of halogens is 1. The summed E-state index contributed by atoms with van der Waals surface area (Å²) in [5, 5.41) is -0.171. The van der Waals surface area contributed by atoms with E-state index in [1.54, 1.807) is 36.7 Å². The lowest BCUT2D eigenvalue weighted by Gasteiger charge is -2.08. The monoisotopic (exact) mass is 322 g/mol. The maximum absolute atomic E-state index is 12.5. The maximum atomic E-state index is 12.5. The minimum absolute atomic E-state index is 0.0747. The van der Waals surface area contributed by atoms with Gasteiger partial charge in [0.25, 0.3) is 10.0 Å². The van der Waals surface area contributed by atoms with Crippen molar-refractivity contribution < 1.29 is 8.42 Å². The number of pyridine rings is 2. The summed E-state index contributed by atoms with van der Waals surface area (Å²) in [7, 11) is -3.87. The molecule has 0 amide bonds. The topological polar surface area (TPSA) is 76.4 Å². The van der Waals surface area contributed by atoms with Gasteiger partial charge in [-0.05, 0) is 30.7 Å². The molecule has 0 bridgehead atoms. The van der Waals surface area contributed by atoms with Crippen molar-refractivity contribution >= 4 is 33.0 Å². The molecule has 0 unspecified atom stereocenters. The van der Waals surface area contributed by atoms with Gasteiger partial charge in [-0.25, -0.2) is 4.98 Å². The Morgan fingerprint density at radius 3 is 2.86 bits per heavy atom. The summed E-state index contributed by atoms with van der Waals surface area (Å²) in [6.07, 6.45) is 4.66. The van der Waals surface area contributed by atoms with Crippen LogP contribution in [-0.4, -0.2) is 22.8 Å². The zero-order chi connectivity index (χ0) is 15.0. The molecule has 0 saturated heterocycles. The smallest absolute Gasteiger partial charge is 0.281 e. The summed E-state index contributed by atoms with van der Waals surface area (Å²) < 4.78 is 28.9. The van der Waals surface area contributed by atoms with Crippen LogP contribution < -0.4 is 4.72 Å². The number of aryl methyl sites for hydroxylation is 1. The number of nitrogens with zero attached hydrogens (tertiary/aromatic N) is 3. The van der Waals surface area contributed by atoms with Crippen molar-refractivity contribution in [3.05, 3.63) is 53.6 Å². The third-order valence-corrected chi connectivity index (χ3v) is 4.61. The molecule has 3 aromatic rings. The predicted molar refractivity (Wildman–Crippen MR) is 80.0 cm³/mol. The van der Waals surface area contributed by atoms with Crippen LogP contribution in [0.25, 0.3) is 5.65 Å². The van der Waals surface area contributed by atoms with Crippen molar-refractivity contribution in [1.29, 1.82) is 0 Å². The van der Waals surface area contributed by atoms with E-state index in [0.717, 1.165) is 5.56 Å². The fourth-order valence-corrected chi connectivity index (χ4v) is 3.68. The van der Waals surface area contributed by atoms with Gasteiger partial charge < -0.3 is 0 Å². The average molecular weight is 323 g/mol. The van der Waals surface area contributed by atoms with Gasteiger partial charge in [-0.3, -0.25) is 14.1 Å². The van der Waals surface area contributed by atoms with Gasteiger partial charge in [-0.15, -0.1) is 0 Å². The number of nitrogens with one attached hydrogen (secondary N) is 1. The zero-order valence-corrected chi connectivity index (χ0v) is 12.6. The van der Waals surface area contributed by atoms with Gasteiger partial charge in [-0.1, -0.05) is 17.7 Å². The Labute approximate surface area is 126 Å². The molecule has 0 spiro atoms. The second-order valence-corrected chi connectivity index (χ2v) is 6.45. The number of rotatable bonds is 3. The van der Waals surface area contributed by atoms with Crippen LogP contribution in [0.15, 0.2) is 47.9 Å². The highest BCUT2D eigenvalue weighted by Crippen LogP contribution is 2.24. The summed E-state index contributed by atoms with van der Waals surface area (Å²) in [6, 6.07) is 6.83. The van der Waals surface area contributed by atoms with Gasteiger partial charge in [0.05, 0.1) is 11.9 Å². The highest BCUT2D eigenvalue weighted by atomic mass is 35.5. The van der Waals surface area contributed by atoms with E-state index in [4.69, 9.17) is 11.6 Å². The Morgan fingerprint density at radius 2 is 2.10 bits per heavy atom. The number of imidazole rings is 1. The van der Waals surface area contributed by atoms with Crippen LogP contribution in [0, 0.1) is 6.92 Å². The van der Waals surface area contributed by atoms with E-state index in [0.29, 0.717) is 11.3 Å². The summed E-state index contributed by atoms with van der Waals surface area (Å²) in [5.74, 6) is 0. The highest BCUT2D eigenvalue weighted by molar-refractivity contribution is 7.92. The molecule has 0 aliphatic carbocycles. The SMILES string of the molecule is Cc1cncc(NS(=O)(=O)c2c(Cl)nc3ccccn23)c1. The quantitative estimate of drug-likeness (QED) is 0.803. The van der Waals surface area contributed by atoms with Crippen molar-refractivity contribution in [1.82, 2.24) is 14.4 Å². The molecule has 0 aliphatic heterocycles. The van der Waals surface area contributed by atoms with Crippen LogP contribution in [0.5, 0.6) is 0 Å². The first-order valence-corrected chi connectivity index (χ1v) is 7.90. The molecule has 6 nitrogen and oxygen atoms in total. The number of aromatic nitrogens is 3. The minimum atomic E-state index is -3.87. The van der Waals surface area contributed by atoms with Gasteiger partial charge in [0.2, 0.25) is 0 Å². The van der Waals surface area contributed by atoms with Crippen LogP contribution in [0.4, 0.5) is 5.69 Å². The largest absolute Gasteiger partial charge is 0.288 e. The molecule has 1 N–H and O–H groups in total. The third kappa shape index (κ3) is 2.57. The fraction of sp³-hybridized carbons (Fsp3) is 0.0769. The molecular formula is C13H11ClN4O2S. The predicted octanol–water partition coefficient (Wildman–Crippen LogP) is 2.49. The van der Waals surface area contributed by atoms with Gasteiger partial charge in [-0.2, -0.15) is 8.42 Å². The lowest BCUT2D eigenvalue weighted by atomic mass is 10.3. The summed E-state index contributed by atoms with van der Waals surface area (Å²) in [6.45, 7) is 1.83. The third-order valence-electron chi connectivity index (χ3n) is 2.83. The van der Waals surface area contributed by atoms with Crippen molar-refractivity contribution in [3.63, 3.8) is 0 Å². The lowest BCUT2D eigenvalue weighted by molar-refractivity contribution is 0.596. The molecule has 0 aromatic carbocycles. The molecule has 3 heterocycles. The van der Waals surface area contributed by atoms with Gasteiger partial charge in [0.1, 0.15) is 5.65 Å². The molecule has 0 fully saturated rings. The van der Waals surface area contributed by atoms with Crippen molar-refractivity contribution in [2.24, 2.45) is 0 Å². The zero-order valence-electron chi connectivity index (χ0n) is 11.0. The van der Waals surface area contributed by atoms with E-state index in [9.17, 15) is 8.42 Å². The second kappa shape index (κ2) is 5.01. The van der Waals surface area contributed by atoms with Crippen molar-refractivity contribution in [3.8, 4) is 0 Å². The van der Waals surface area contributed by atoms with E-state index < -0.39 is 10.0 Å². The molecular weight excluding hydrogens is 312 g/mol. The van der Waals surface area contributed by atoms with E-state index in [1.807, 2.05) is 6.92 Å². The first-order chi connectivity index (χ1) is 9.97. The summed E-state index contributed by atoms with van der Waals surface area (Å²) in [5.41, 5.74) is 1.68. The Bertz CT molecular complexity index is 921. The standard InChI is InChI=1S/C13H11ClN4O2S/c1-9-6-10(8-15-7-9)17-21(19,20)13-12(14)16-11-4-2-3-5-18(11)13/h2-8,17H,1H3. The van der Waals surface area contributed by atoms with E-state index in [2.05, 4.69) is 14.7 Å². The van der Waals surface area contributed by atoms with Gasteiger partial charge in [0.15, 0.2) is 10.2 Å². The molecule has 0 radical (unpaired) electrons. The molecule has 0 atom stereocenters. The minimum Gasteiger partial charge on any atom is -0.288 e. The number of hydrogen-bond donors (Lipinski definition) is 1. The Morgan fingerprint density at radius 1 is 1.29 bits per heavy atom. The Balaban J connectivity index is 2.10. The van der Waals surface area contributed by atoms with Gasteiger partial charge >= 0.3 is 0 Å². The molecule has 108 valence electrons. The highest BCUT2D eigenvalue weighted by Gasteiger charge is 2.24. The first kappa shape index (κ1) is 13.8. The lowest BCUT2D eigenvalue weighted by Crippen LogP contribution is -2.15. The van der Waals surface area contributed by atoms with Gasteiger partial charge in [0, 0.05) is 12.4 Å². The summed E-state index contributed by atoms with van der Waals surface area (Å²) >= 11 is 5.98. The van der Waals surface area contributed by atoms with Crippen LogP contribution in [0.3, 0.4) is 0 Å². The number of sulfonamides is 1. The second-order valence-electron chi connectivity index (χ2n) is 4.49. The molecule has 3 rings (SSSR count). The average Bonchev–Trinajstić information content (AvgIpc) is 2.74. The number of anilines is 1. The number of fused-ring (bicyclic) bond motifs is 1. The fourth-order valence-electron chi connectivity index (χ4n) is 2.00. The molecule has 21 heavy (non-hydrogen) atoms. The van der Waals surface area contributed by atoms with Crippen LogP contribution in [-0.2, 0) is 10.0 Å². The number of hydrogen-bond acceptors (Lipinski definition) is 4.